The van der Waals surface area contributed by atoms with Gasteiger partial charge in [-0.15, -0.1) is 0 Å². The van der Waals surface area contributed by atoms with Gasteiger partial charge in [-0.3, -0.25) is 10.4 Å². The van der Waals surface area contributed by atoms with Crippen LogP contribution in [-0.2, 0) is 6.54 Å². The second-order valence-corrected chi connectivity index (χ2v) is 3.05. The first-order valence-electron chi connectivity index (χ1n) is 4.50. The van der Waals surface area contributed by atoms with Gasteiger partial charge in [-0.1, -0.05) is 9.69 Å². The summed E-state index contributed by atoms with van der Waals surface area (Å²) in [5.41, 5.74) is -0.130. The minimum absolute atomic E-state index is 0.120. The molecule has 0 spiro atoms. The van der Waals surface area contributed by atoms with Crippen LogP contribution in [0.5, 0.6) is 0 Å². The van der Waals surface area contributed by atoms with Crippen LogP contribution in [0.2, 0.25) is 0 Å². The molecule has 84 valence electrons. The van der Waals surface area contributed by atoms with E-state index in [4.69, 9.17) is 9.83 Å². The van der Waals surface area contributed by atoms with Crippen molar-refractivity contribution in [2.45, 2.75) is 6.54 Å². The van der Waals surface area contributed by atoms with Crippen LogP contribution in [0, 0.1) is 5.41 Å². The van der Waals surface area contributed by atoms with E-state index >= 15 is 0 Å². The Labute approximate surface area is 89.6 Å². The van der Waals surface area contributed by atoms with Gasteiger partial charge in [0.1, 0.15) is 5.76 Å². The van der Waals surface area contributed by atoms with E-state index in [1.807, 2.05) is 0 Å². The van der Waals surface area contributed by atoms with Gasteiger partial charge >= 0.3 is 0 Å². The topological polar surface area (TPSA) is 99.7 Å². The van der Waals surface area contributed by atoms with Crippen LogP contribution in [0.4, 0.5) is 0 Å². The summed E-state index contributed by atoms with van der Waals surface area (Å²) in [5.74, 6) is 0.638. The van der Waals surface area contributed by atoms with E-state index in [-0.39, 0.29) is 22.4 Å². The first kappa shape index (κ1) is 10.1. The van der Waals surface area contributed by atoms with E-state index < -0.39 is 0 Å². The Hall–Kier alpha value is -2.44. The molecule has 0 saturated carbocycles. The first-order valence-corrected chi connectivity index (χ1v) is 4.50. The zero-order valence-corrected chi connectivity index (χ0v) is 8.24. The van der Waals surface area contributed by atoms with Gasteiger partial charge in [0.25, 0.3) is 0 Å². The summed E-state index contributed by atoms with van der Waals surface area (Å²) in [6.07, 6.45) is 1.52. The highest BCUT2D eigenvalue weighted by Gasteiger charge is 1.97. The molecule has 0 fully saturated rings. The second kappa shape index (κ2) is 3.97. The molecule has 0 unspecified atom stereocenters. The van der Waals surface area contributed by atoms with E-state index in [0.717, 1.165) is 0 Å². The number of hydrogen-bond donors (Lipinski definition) is 3. The number of hydrogen-bond acceptors (Lipinski definition) is 5. The van der Waals surface area contributed by atoms with Crippen molar-refractivity contribution in [3.63, 3.8) is 0 Å². The summed E-state index contributed by atoms with van der Waals surface area (Å²) < 4.78 is 5.06. The van der Waals surface area contributed by atoms with Crippen molar-refractivity contribution in [2.75, 3.05) is 0 Å². The lowest BCUT2D eigenvalue weighted by molar-refractivity contribution is -0.0327. The molecule has 3 N–H and O–H groups in total. The summed E-state index contributed by atoms with van der Waals surface area (Å²) in [5, 5.41) is 25.8. The van der Waals surface area contributed by atoms with Crippen molar-refractivity contribution in [1.29, 1.82) is 5.41 Å². The molecule has 7 nitrogen and oxygen atoms in total. The van der Waals surface area contributed by atoms with E-state index in [1.165, 1.54) is 18.4 Å². The van der Waals surface area contributed by atoms with Crippen molar-refractivity contribution in [2.24, 2.45) is 4.99 Å². The molecular weight excluding hydrogens is 212 g/mol. The van der Waals surface area contributed by atoms with Gasteiger partial charge in [-0.05, 0) is 24.3 Å². The minimum atomic E-state index is -0.251. The Kier molecular flexibility index (Phi) is 2.50. The van der Waals surface area contributed by atoms with E-state index in [2.05, 4.69) is 4.99 Å². The second-order valence-electron chi connectivity index (χ2n) is 3.05. The summed E-state index contributed by atoms with van der Waals surface area (Å²) in [4.78, 5) is 4.66. The van der Waals surface area contributed by atoms with Gasteiger partial charge in [-0.25, -0.2) is 0 Å². The third kappa shape index (κ3) is 1.83. The Morgan fingerprint density at radius 3 is 2.75 bits per heavy atom. The molecule has 0 bridgehead atoms. The fourth-order valence-electron chi connectivity index (χ4n) is 1.16. The molecule has 0 amide bonds. The molecule has 0 aliphatic heterocycles. The van der Waals surface area contributed by atoms with Crippen LogP contribution in [0.3, 0.4) is 0 Å². The van der Waals surface area contributed by atoms with Crippen molar-refractivity contribution in [3.05, 3.63) is 47.3 Å². The molecule has 2 aromatic heterocycles. The molecule has 0 radical (unpaired) electrons. The first-order chi connectivity index (χ1) is 7.68. The van der Waals surface area contributed by atoms with Crippen LogP contribution in [0.1, 0.15) is 5.76 Å². The average Bonchev–Trinajstić information content (AvgIpc) is 2.78. The summed E-state index contributed by atoms with van der Waals surface area (Å²) in [7, 11) is 0. The SMILES string of the molecule is N=c1ccc(=NCc2ccco2)n(O)n1O. The highest BCUT2D eigenvalue weighted by Crippen LogP contribution is 2.00. The van der Waals surface area contributed by atoms with Gasteiger partial charge in [0.2, 0.25) is 0 Å². The molecule has 0 saturated heterocycles. The summed E-state index contributed by atoms with van der Waals surface area (Å²) in [6, 6.07) is 6.21. The molecule has 0 aliphatic carbocycles. The lowest BCUT2D eigenvalue weighted by Gasteiger charge is -2.03. The number of nitrogens with zero attached hydrogens (tertiary/aromatic N) is 3. The van der Waals surface area contributed by atoms with Gasteiger partial charge in [0, 0.05) is 0 Å². The van der Waals surface area contributed by atoms with Crippen LogP contribution < -0.4 is 11.0 Å². The van der Waals surface area contributed by atoms with Crippen LogP contribution in [0.25, 0.3) is 0 Å². The maximum absolute atomic E-state index is 9.39. The predicted molar refractivity (Wildman–Crippen MR) is 50.6 cm³/mol. The lowest BCUT2D eigenvalue weighted by Crippen LogP contribution is -2.35. The predicted octanol–water partition coefficient (Wildman–Crippen LogP) is -0.0624. The molecule has 0 aliphatic rings. The Morgan fingerprint density at radius 1 is 1.25 bits per heavy atom. The monoisotopic (exact) mass is 222 g/mol. The lowest BCUT2D eigenvalue weighted by atomic mass is 10.4. The van der Waals surface area contributed by atoms with Gasteiger partial charge in [0.05, 0.1) is 12.8 Å². The van der Waals surface area contributed by atoms with Gasteiger partial charge in [-0.2, -0.15) is 0 Å². The van der Waals surface area contributed by atoms with E-state index in [9.17, 15) is 10.4 Å². The Bertz CT molecular complexity index is 594. The molecule has 2 rings (SSSR count). The standard InChI is InChI=1S/C9H10N4O3/c10-8-3-4-9(13(15)12(8)14)11-6-7-2-1-5-16-7/h1-5,10,14-15H,6H2. The maximum atomic E-state index is 9.39. The zero-order chi connectivity index (χ0) is 11.5. The average molecular weight is 222 g/mol. The van der Waals surface area contributed by atoms with Crippen molar-refractivity contribution in [3.8, 4) is 0 Å². The quantitative estimate of drug-likeness (QED) is 0.620. The van der Waals surface area contributed by atoms with Gasteiger partial charge in [0.15, 0.2) is 11.0 Å². The number of rotatable bonds is 2. The van der Waals surface area contributed by atoms with Gasteiger partial charge < -0.3 is 14.8 Å². The van der Waals surface area contributed by atoms with E-state index in [0.29, 0.717) is 10.6 Å². The molecule has 0 atom stereocenters. The number of nitrogens with one attached hydrogen (secondary N) is 1. The third-order valence-electron chi connectivity index (χ3n) is 1.97. The molecule has 2 heterocycles. The fourth-order valence-corrected chi connectivity index (χ4v) is 1.16. The normalized spacial score (nSPS) is 11.9. The number of furan rings is 1. The molecule has 16 heavy (non-hydrogen) atoms. The summed E-state index contributed by atoms with van der Waals surface area (Å²) in [6.45, 7) is 0.241. The molecule has 7 heteroatoms. The number of aromatic nitrogens is 2. The van der Waals surface area contributed by atoms with Crippen molar-refractivity contribution < 1.29 is 14.8 Å². The fraction of sp³-hybridized carbons (Fsp3) is 0.111. The highest BCUT2D eigenvalue weighted by molar-refractivity contribution is 4.97. The minimum Gasteiger partial charge on any atom is -0.467 e. The summed E-state index contributed by atoms with van der Waals surface area (Å²) >= 11 is 0. The van der Waals surface area contributed by atoms with Crippen LogP contribution in [0.15, 0.2) is 39.9 Å². The van der Waals surface area contributed by atoms with Crippen molar-refractivity contribution in [1.82, 2.24) is 9.69 Å². The van der Waals surface area contributed by atoms with E-state index in [1.54, 1.807) is 12.1 Å². The van der Waals surface area contributed by atoms with Crippen molar-refractivity contribution >= 4 is 0 Å². The Balaban J connectivity index is 2.38. The maximum Gasteiger partial charge on any atom is 0.187 e. The van der Waals surface area contributed by atoms with Crippen LogP contribution >= 0.6 is 0 Å². The smallest absolute Gasteiger partial charge is 0.187 e. The Morgan fingerprint density at radius 2 is 2.06 bits per heavy atom. The van der Waals surface area contributed by atoms with Crippen LogP contribution in [-0.4, -0.2) is 20.1 Å². The zero-order valence-electron chi connectivity index (χ0n) is 8.24. The largest absolute Gasteiger partial charge is 0.467 e. The molecule has 0 aromatic carbocycles. The molecule has 2 aromatic rings. The molecular formula is C9H10N4O3. The third-order valence-corrected chi connectivity index (χ3v) is 1.97. The highest BCUT2D eigenvalue weighted by atomic mass is 16.6.